The maximum absolute atomic E-state index is 13.4. The predicted octanol–water partition coefficient (Wildman–Crippen LogP) is 2.82. The van der Waals surface area contributed by atoms with Crippen LogP contribution in [-0.4, -0.2) is 42.0 Å². The number of hydrogen-bond acceptors (Lipinski definition) is 5. The largest absolute Gasteiger partial charge is 0.496 e. The number of aldehydes is 2. The molecular formula is C23H26N2O5. The Labute approximate surface area is 176 Å². The smallest absolute Gasteiger partial charge is 0.274 e. The van der Waals surface area contributed by atoms with Crippen molar-refractivity contribution in [3.63, 3.8) is 0 Å². The van der Waals surface area contributed by atoms with Crippen LogP contribution in [0.2, 0.25) is 0 Å². The Balaban J connectivity index is 2.54. The Bertz CT molecular complexity index is 955. The van der Waals surface area contributed by atoms with Gasteiger partial charge in [-0.2, -0.15) is 0 Å². The van der Waals surface area contributed by atoms with E-state index in [2.05, 4.69) is 5.43 Å². The molecule has 7 heteroatoms. The zero-order valence-electron chi connectivity index (χ0n) is 17.8. The molecule has 2 aromatic rings. The molecule has 0 heterocycles. The minimum absolute atomic E-state index is 0.229. The van der Waals surface area contributed by atoms with Gasteiger partial charge in [0.05, 0.1) is 7.11 Å². The van der Waals surface area contributed by atoms with E-state index in [1.165, 1.54) is 14.0 Å². The molecule has 0 aromatic heterocycles. The molecule has 0 radical (unpaired) electrons. The molecule has 0 aliphatic carbocycles. The van der Waals surface area contributed by atoms with Crippen molar-refractivity contribution in [3.8, 4) is 5.75 Å². The van der Waals surface area contributed by atoms with Gasteiger partial charge in [-0.3, -0.25) is 15.0 Å². The van der Waals surface area contributed by atoms with E-state index in [0.29, 0.717) is 35.9 Å². The monoisotopic (exact) mass is 410 g/mol. The average Bonchev–Trinajstić information content (AvgIpc) is 2.74. The molecule has 0 unspecified atom stereocenters. The molecule has 0 atom stereocenters. The van der Waals surface area contributed by atoms with E-state index in [-0.39, 0.29) is 5.56 Å². The molecule has 0 aliphatic rings. The standard InChI is InChI=1S/C23H26N2O5/c1-6-18-19(8-7-9-20(18)30-5)22(29)25(23(4,13-26)14-27)24-21(28)17-11-15(2)10-16(3)12-17/h7-14H,6H2,1-5H3,(H,24,28). The Hall–Kier alpha value is -3.48. The van der Waals surface area contributed by atoms with Crippen molar-refractivity contribution in [1.82, 2.24) is 10.4 Å². The number of hydrogen-bond donors (Lipinski definition) is 1. The van der Waals surface area contributed by atoms with Gasteiger partial charge in [0.15, 0.2) is 18.1 Å². The van der Waals surface area contributed by atoms with Crippen molar-refractivity contribution in [2.24, 2.45) is 0 Å². The maximum atomic E-state index is 13.4. The average molecular weight is 410 g/mol. The summed E-state index contributed by atoms with van der Waals surface area (Å²) in [6.07, 6.45) is 1.12. The highest BCUT2D eigenvalue weighted by atomic mass is 16.5. The fourth-order valence-corrected chi connectivity index (χ4v) is 3.24. The van der Waals surface area contributed by atoms with Crippen molar-refractivity contribution in [1.29, 1.82) is 0 Å². The molecule has 0 saturated heterocycles. The molecule has 2 amide bonds. The summed E-state index contributed by atoms with van der Waals surface area (Å²) in [6, 6.07) is 10.1. The summed E-state index contributed by atoms with van der Waals surface area (Å²) in [5.41, 5.74) is 3.45. The van der Waals surface area contributed by atoms with Crippen LogP contribution in [0.25, 0.3) is 0 Å². The van der Waals surface area contributed by atoms with E-state index < -0.39 is 17.4 Å². The summed E-state index contributed by atoms with van der Waals surface area (Å²) in [7, 11) is 1.49. The van der Waals surface area contributed by atoms with E-state index in [9.17, 15) is 19.2 Å². The number of carbonyl (C=O) groups is 4. The second kappa shape index (κ2) is 9.35. The van der Waals surface area contributed by atoms with Crippen molar-refractivity contribution in [3.05, 3.63) is 64.2 Å². The fraction of sp³-hybridized carbons (Fsp3) is 0.304. The second-order valence-electron chi connectivity index (χ2n) is 7.26. The Morgan fingerprint density at radius 2 is 1.70 bits per heavy atom. The minimum Gasteiger partial charge on any atom is -0.496 e. The number of rotatable bonds is 7. The summed E-state index contributed by atoms with van der Waals surface area (Å²) in [6.45, 7) is 6.80. The Kier molecular flexibility index (Phi) is 7.10. The first-order chi connectivity index (χ1) is 14.2. The fourth-order valence-electron chi connectivity index (χ4n) is 3.24. The van der Waals surface area contributed by atoms with Crippen LogP contribution >= 0.6 is 0 Å². The van der Waals surface area contributed by atoms with Crippen LogP contribution in [-0.2, 0) is 16.0 Å². The summed E-state index contributed by atoms with van der Waals surface area (Å²) < 4.78 is 5.32. The number of amides is 2. The van der Waals surface area contributed by atoms with Crippen LogP contribution in [0.1, 0.15) is 51.3 Å². The molecule has 2 rings (SSSR count). The Morgan fingerprint density at radius 1 is 1.10 bits per heavy atom. The number of nitrogens with zero attached hydrogens (tertiary/aromatic N) is 1. The van der Waals surface area contributed by atoms with Crippen molar-refractivity contribution in [2.75, 3.05) is 7.11 Å². The third-order valence-corrected chi connectivity index (χ3v) is 4.80. The van der Waals surface area contributed by atoms with Crippen molar-refractivity contribution in [2.45, 2.75) is 39.7 Å². The van der Waals surface area contributed by atoms with Crippen LogP contribution in [0.4, 0.5) is 0 Å². The van der Waals surface area contributed by atoms with E-state index >= 15 is 0 Å². The van der Waals surface area contributed by atoms with E-state index in [1.54, 1.807) is 30.3 Å². The lowest BCUT2D eigenvalue weighted by molar-refractivity contribution is -0.127. The first kappa shape index (κ1) is 22.8. The van der Waals surface area contributed by atoms with Crippen molar-refractivity contribution >= 4 is 24.4 Å². The molecule has 2 aromatic carbocycles. The van der Waals surface area contributed by atoms with Crippen LogP contribution in [0, 0.1) is 13.8 Å². The zero-order valence-corrected chi connectivity index (χ0v) is 17.8. The lowest BCUT2D eigenvalue weighted by Gasteiger charge is -2.33. The predicted molar refractivity (Wildman–Crippen MR) is 112 cm³/mol. The summed E-state index contributed by atoms with van der Waals surface area (Å²) in [5, 5.41) is 0.779. The van der Waals surface area contributed by atoms with Crippen LogP contribution in [0.15, 0.2) is 36.4 Å². The molecule has 0 fully saturated rings. The number of aryl methyl sites for hydroxylation is 2. The topological polar surface area (TPSA) is 92.8 Å². The molecule has 0 aliphatic heterocycles. The van der Waals surface area contributed by atoms with Crippen molar-refractivity contribution < 1.29 is 23.9 Å². The SMILES string of the molecule is CCc1c(OC)cccc1C(=O)N(NC(=O)c1cc(C)cc(C)c1)C(C)(C=O)C=O. The first-order valence-electron chi connectivity index (χ1n) is 9.53. The van der Waals surface area contributed by atoms with Crippen LogP contribution in [0.5, 0.6) is 5.75 Å². The normalized spacial score (nSPS) is 10.8. The van der Waals surface area contributed by atoms with Gasteiger partial charge in [-0.25, -0.2) is 5.01 Å². The van der Waals surface area contributed by atoms with E-state index in [1.807, 2.05) is 26.8 Å². The van der Waals surface area contributed by atoms with Gasteiger partial charge in [0, 0.05) is 16.7 Å². The van der Waals surface area contributed by atoms with Crippen LogP contribution < -0.4 is 10.2 Å². The number of nitrogens with one attached hydrogen (secondary N) is 1. The van der Waals surface area contributed by atoms with Gasteiger partial charge in [-0.15, -0.1) is 0 Å². The lowest BCUT2D eigenvalue weighted by Crippen LogP contribution is -2.60. The second-order valence-corrected chi connectivity index (χ2v) is 7.26. The molecule has 1 N–H and O–H groups in total. The number of benzene rings is 2. The maximum Gasteiger partial charge on any atom is 0.274 e. The highest BCUT2D eigenvalue weighted by Gasteiger charge is 2.38. The Morgan fingerprint density at radius 3 is 2.20 bits per heavy atom. The molecule has 0 saturated carbocycles. The quantitative estimate of drug-likeness (QED) is 0.430. The lowest BCUT2D eigenvalue weighted by atomic mass is 10.00. The highest BCUT2D eigenvalue weighted by Crippen LogP contribution is 2.25. The van der Waals surface area contributed by atoms with Gasteiger partial charge in [0.25, 0.3) is 11.8 Å². The van der Waals surface area contributed by atoms with E-state index in [0.717, 1.165) is 16.1 Å². The number of ether oxygens (including phenoxy) is 1. The van der Waals surface area contributed by atoms with Gasteiger partial charge >= 0.3 is 0 Å². The molecule has 158 valence electrons. The highest BCUT2D eigenvalue weighted by molar-refractivity contribution is 6.05. The zero-order chi connectivity index (χ0) is 22.5. The molecule has 7 nitrogen and oxygen atoms in total. The van der Waals surface area contributed by atoms with Gasteiger partial charge < -0.3 is 14.3 Å². The number of carbonyl (C=O) groups excluding carboxylic acids is 4. The van der Waals surface area contributed by atoms with Gasteiger partial charge in [0.1, 0.15) is 5.75 Å². The molecule has 30 heavy (non-hydrogen) atoms. The number of methoxy groups -OCH3 is 1. The molecule has 0 bridgehead atoms. The van der Waals surface area contributed by atoms with Gasteiger partial charge in [0.2, 0.25) is 0 Å². The third kappa shape index (κ3) is 4.56. The van der Waals surface area contributed by atoms with E-state index in [4.69, 9.17) is 4.74 Å². The minimum atomic E-state index is -1.89. The number of hydrazine groups is 1. The molecular weight excluding hydrogens is 384 g/mol. The summed E-state index contributed by atoms with van der Waals surface area (Å²) >= 11 is 0. The third-order valence-electron chi connectivity index (χ3n) is 4.80. The summed E-state index contributed by atoms with van der Waals surface area (Å²) in [4.78, 5) is 49.8. The molecule has 0 spiro atoms. The van der Waals surface area contributed by atoms with Gasteiger partial charge in [-0.05, 0) is 51.5 Å². The first-order valence-corrected chi connectivity index (χ1v) is 9.53. The summed E-state index contributed by atoms with van der Waals surface area (Å²) in [5.74, 6) is -0.793. The van der Waals surface area contributed by atoms with Crippen LogP contribution in [0.3, 0.4) is 0 Å². The van der Waals surface area contributed by atoms with Gasteiger partial charge in [-0.1, -0.05) is 30.2 Å².